The number of nitrogens with one attached hydrogen (secondary N) is 1. The number of benzene rings is 3. The predicted molar refractivity (Wildman–Crippen MR) is 165 cm³/mol. The average Bonchev–Trinajstić information content (AvgIpc) is 3.68. The number of ether oxygens (including phenoxy) is 2. The van der Waals surface area contributed by atoms with Crippen molar-refractivity contribution in [3.8, 4) is 22.1 Å². The second-order valence-electron chi connectivity index (χ2n) is 9.58. The van der Waals surface area contributed by atoms with Gasteiger partial charge in [-0.05, 0) is 53.5 Å². The highest BCUT2D eigenvalue weighted by Crippen LogP contribution is 2.46. The maximum Gasteiger partial charge on any atom is 0.249 e. The lowest BCUT2D eigenvalue weighted by atomic mass is 10.0. The van der Waals surface area contributed by atoms with Gasteiger partial charge in [-0.2, -0.15) is 0 Å². The highest BCUT2D eigenvalue weighted by molar-refractivity contribution is 7.23. The maximum absolute atomic E-state index is 13.1. The molecular formula is C31H26ClN3O3S2. The Balaban J connectivity index is 0.00000289. The van der Waals surface area contributed by atoms with Crippen molar-refractivity contribution in [2.75, 3.05) is 18.7 Å². The number of fused-ring (bicyclic) bond motifs is 3. The van der Waals surface area contributed by atoms with E-state index in [2.05, 4.69) is 46.6 Å². The number of amides is 1. The molecule has 40 heavy (non-hydrogen) atoms. The molecule has 5 aromatic rings. The maximum atomic E-state index is 13.1. The minimum atomic E-state index is -0.172. The Labute approximate surface area is 246 Å². The van der Waals surface area contributed by atoms with E-state index in [4.69, 9.17) is 14.5 Å². The molecule has 0 radical (unpaired) electrons. The smallest absolute Gasteiger partial charge is 0.249 e. The van der Waals surface area contributed by atoms with Gasteiger partial charge in [0.1, 0.15) is 10.0 Å². The number of hydrogen-bond donors (Lipinski definition) is 1. The van der Waals surface area contributed by atoms with Crippen molar-refractivity contribution in [3.63, 3.8) is 0 Å². The van der Waals surface area contributed by atoms with Crippen molar-refractivity contribution in [2.24, 2.45) is 0 Å². The van der Waals surface area contributed by atoms with Crippen LogP contribution in [0.3, 0.4) is 0 Å². The van der Waals surface area contributed by atoms with Crippen LogP contribution >= 0.6 is 35.1 Å². The molecule has 2 aromatic heterocycles. The Morgan fingerprint density at radius 3 is 2.70 bits per heavy atom. The molecule has 0 atom stereocenters. The number of aromatic nitrogens is 1. The van der Waals surface area contributed by atoms with Crippen molar-refractivity contribution in [1.29, 1.82) is 0 Å². The number of nitrogens with zero attached hydrogens (tertiary/aromatic N) is 2. The molecule has 0 fully saturated rings. The molecule has 6 nitrogen and oxygen atoms in total. The van der Waals surface area contributed by atoms with E-state index in [-0.39, 0.29) is 25.1 Å². The van der Waals surface area contributed by atoms with E-state index < -0.39 is 0 Å². The fourth-order valence-corrected chi connectivity index (χ4v) is 7.47. The monoisotopic (exact) mass is 587 g/mol. The molecule has 4 heterocycles. The molecule has 0 spiro atoms. The molecule has 0 bridgehead atoms. The zero-order valence-corrected chi connectivity index (χ0v) is 23.9. The van der Waals surface area contributed by atoms with Crippen LogP contribution in [0.1, 0.15) is 21.6 Å². The number of rotatable bonds is 6. The van der Waals surface area contributed by atoms with E-state index in [9.17, 15) is 4.79 Å². The first-order chi connectivity index (χ1) is 19.2. The fourth-order valence-electron chi connectivity index (χ4n) is 5.07. The lowest BCUT2D eigenvalue weighted by Gasteiger charge is -2.27. The SMILES string of the molecule is Cl.O=C(/C=C/c1ccc2c(c1)OCO2)Nc1sc2c(c1-c1nc3ccccc3s1)CCN(Cc1ccccc1)C2. The summed E-state index contributed by atoms with van der Waals surface area (Å²) in [7, 11) is 0. The molecule has 2 aliphatic heterocycles. The first-order valence-electron chi connectivity index (χ1n) is 12.8. The summed E-state index contributed by atoms with van der Waals surface area (Å²) in [5.41, 5.74) is 5.55. The number of anilines is 1. The normalized spacial score (nSPS) is 14.3. The van der Waals surface area contributed by atoms with Crippen LogP contribution in [0.5, 0.6) is 11.5 Å². The molecule has 0 unspecified atom stereocenters. The Morgan fingerprint density at radius 1 is 1.00 bits per heavy atom. The van der Waals surface area contributed by atoms with Crippen LogP contribution in [0.4, 0.5) is 5.00 Å². The van der Waals surface area contributed by atoms with Gasteiger partial charge in [0.25, 0.3) is 0 Å². The second kappa shape index (κ2) is 11.4. The molecule has 0 saturated heterocycles. The van der Waals surface area contributed by atoms with E-state index in [0.717, 1.165) is 63.2 Å². The number of thiazole rings is 1. The minimum absolute atomic E-state index is 0. The summed E-state index contributed by atoms with van der Waals surface area (Å²) < 4.78 is 12.0. The van der Waals surface area contributed by atoms with Crippen LogP contribution in [0.15, 0.2) is 78.9 Å². The minimum Gasteiger partial charge on any atom is -0.454 e. The van der Waals surface area contributed by atoms with Gasteiger partial charge in [-0.3, -0.25) is 9.69 Å². The van der Waals surface area contributed by atoms with E-state index >= 15 is 0 Å². The molecule has 0 aliphatic carbocycles. The Hall–Kier alpha value is -3.69. The van der Waals surface area contributed by atoms with Crippen molar-refractivity contribution in [2.45, 2.75) is 19.5 Å². The van der Waals surface area contributed by atoms with E-state index in [0.29, 0.717) is 5.75 Å². The van der Waals surface area contributed by atoms with E-state index in [1.54, 1.807) is 34.8 Å². The van der Waals surface area contributed by atoms with Gasteiger partial charge in [0.05, 0.1) is 10.2 Å². The van der Waals surface area contributed by atoms with Crippen LogP contribution < -0.4 is 14.8 Å². The third kappa shape index (κ3) is 5.36. The standard InChI is InChI=1S/C31H25N3O3S2.ClH/c35-28(13-11-20-10-12-24-25(16-20)37-19-36-24)33-31-29(30-32-23-8-4-5-9-26(23)38-30)22-14-15-34(18-27(22)39-31)17-21-6-2-1-3-7-21;/h1-13,16H,14-15,17-19H2,(H,33,35);1H/b13-11+;. The summed E-state index contributed by atoms with van der Waals surface area (Å²) in [5, 5.41) is 5.00. The number of carbonyl (C=O) groups excluding carboxylic acids is 1. The molecular weight excluding hydrogens is 562 g/mol. The van der Waals surface area contributed by atoms with Gasteiger partial charge in [0.2, 0.25) is 12.7 Å². The lowest BCUT2D eigenvalue weighted by molar-refractivity contribution is -0.111. The van der Waals surface area contributed by atoms with Gasteiger partial charge in [-0.25, -0.2) is 4.98 Å². The quantitative estimate of drug-likeness (QED) is 0.210. The van der Waals surface area contributed by atoms with Crippen LogP contribution in [-0.2, 0) is 24.3 Å². The highest BCUT2D eigenvalue weighted by Gasteiger charge is 2.27. The molecule has 7 rings (SSSR count). The molecule has 3 aromatic carbocycles. The highest BCUT2D eigenvalue weighted by atomic mass is 35.5. The van der Waals surface area contributed by atoms with Gasteiger partial charge < -0.3 is 14.8 Å². The summed E-state index contributed by atoms with van der Waals surface area (Å²) >= 11 is 3.35. The molecule has 0 saturated carbocycles. The van der Waals surface area contributed by atoms with Crippen molar-refractivity contribution < 1.29 is 14.3 Å². The van der Waals surface area contributed by atoms with Crippen LogP contribution in [0.2, 0.25) is 0 Å². The summed E-state index contributed by atoms with van der Waals surface area (Å²) in [6.07, 6.45) is 4.29. The Bertz CT molecular complexity index is 1680. The predicted octanol–water partition coefficient (Wildman–Crippen LogP) is 7.39. The third-order valence-corrected chi connectivity index (χ3v) is 9.14. The fraction of sp³-hybridized carbons (Fsp3) is 0.161. The molecule has 9 heteroatoms. The van der Waals surface area contributed by atoms with Gasteiger partial charge in [-0.15, -0.1) is 35.1 Å². The van der Waals surface area contributed by atoms with E-state index in [1.807, 2.05) is 36.4 Å². The zero-order valence-electron chi connectivity index (χ0n) is 21.5. The van der Waals surface area contributed by atoms with E-state index in [1.165, 1.54) is 16.0 Å². The molecule has 2 aliphatic rings. The van der Waals surface area contributed by atoms with Gasteiger partial charge in [0.15, 0.2) is 11.5 Å². The summed E-state index contributed by atoms with van der Waals surface area (Å²) in [5.74, 6) is 1.25. The van der Waals surface area contributed by atoms with Crippen LogP contribution in [-0.4, -0.2) is 29.1 Å². The summed E-state index contributed by atoms with van der Waals surface area (Å²) in [4.78, 5) is 21.8. The number of thiophene rings is 1. The topological polar surface area (TPSA) is 63.7 Å². The van der Waals surface area contributed by atoms with Gasteiger partial charge in [0, 0.05) is 36.2 Å². The Kier molecular flexibility index (Phi) is 7.58. The van der Waals surface area contributed by atoms with Gasteiger partial charge >= 0.3 is 0 Å². The first-order valence-corrected chi connectivity index (χ1v) is 14.5. The number of para-hydroxylation sites is 1. The Morgan fingerprint density at radius 2 is 1.82 bits per heavy atom. The first kappa shape index (κ1) is 26.5. The summed E-state index contributed by atoms with van der Waals surface area (Å²) in [6, 6.07) is 24.4. The zero-order chi connectivity index (χ0) is 26.2. The van der Waals surface area contributed by atoms with Crippen molar-refractivity contribution >= 4 is 62.3 Å². The lowest BCUT2D eigenvalue weighted by Crippen LogP contribution is -2.29. The molecule has 202 valence electrons. The largest absolute Gasteiger partial charge is 0.454 e. The van der Waals surface area contributed by atoms with Crippen LogP contribution in [0.25, 0.3) is 26.9 Å². The molecule has 1 amide bonds. The van der Waals surface area contributed by atoms with Crippen molar-refractivity contribution in [3.05, 3.63) is 100 Å². The second-order valence-corrected chi connectivity index (χ2v) is 11.7. The summed E-state index contributed by atoms with van der Waals surface area (Å²) in [6.45, 7) is 2.96. The number of hydrogen-bond acceptors (Lipinski definition) is 7. The van der Waals surface area contributed by atoms with Crippen LogP contribution in [0, 0.1) is 0 Å². The number of carbonyl (C=O) groups is 1. The molecule has 1 N–H and O–H groups in total. The average molecular weight is 588 g/mol. The van der Waals surface area contributed by atoms with Gasteiger partial charge in [-0.1, -0.05) is 48.5 Å². The number of halogens is 1. The van der Waals surface area contributed by atoms with Crippen molar-refractivity contribution in [1.82, 2.24) is 9.88 Å². The third-order valence-electron chi connectivity index (χ3n) is 6.95.